The number of hydrogen-bond acceptors (Lipinski definition) is 3. The van der Waals surface area contributed by atoms with Crippen molar-refractivity contribution in [3.05, 3.63) is 0 Å². The topological polar surface area (TPSA) is 49.9 Å². The van der Waals surface area contributed by atoms with Crippen LogP contribution in [0, 0.1) is 0 Å². The van der Waals surface area contributed by atoms with Gasteiger partial charge in [-0.15, -0.1) is 0 Å². The van der Waals surface area contributed by atoms with E-state index in [2.05, 4.69) is 0 Å². The van der Waals surface area contributed by atoms with Gasteiger partial charge in [0.2, 0.25) is 6.41 Å². The summed E-state index contributed by atoms with van der Waals surface area (Å²) in [5.41, 5.74) is -0.451. The minimum Gasteiger partial charge on any atom is -0.444 e. The lowest BCUT2D eigenvalue weighted by Gasteiger charge is -2.35. The van der Waals surface area contributed by atoms with Gasteiger partial charge >= 0.3 is 6.09 Å². The van der Waals surface area contributed by atoms with Gasteiger partial charge in [-0.2, -0.15) is 0 Å². The highest BCUT2D eigenvalue weighted by Gasteiger charge is 2.27. The molecule has 5 heteroatoms. The van der Waals surface area contributed by atoms with Gasteiger partial charge in [0.25, 0.3) is 0 Å². The zero-order valence-electron chi connectivity index (χ0n) is 11.1. The van der Waals surface area contributed by atoms with Crippen LogP contribution in [0.5, 0.6) is 0 Å². The Hall–Kier alpha value is -1.26. The molecule has 1 heterocycles. The van der Waals surface area contributed by atoms with Crippen LogP contribution in [0.1, 0.15) is 33.6 Å². The fourth-order valence-corrected chi connectivity index (χ4v) is 1.87. The molecule has 0 atom stereocenters. The van der Waals surface area contributed by atoms with Crippen molar-refractivity contribution in [2.75, 3.05) is 20.1 Å². The lowest BCUT2D eigenvalue weighted by Crippen LogP contribution is -2.46. The molecule has 0 spiro atoms. The van der Waals surface area contributed by atoms with Crippen LogP contribution in [-0.4, -0.2) is 54.1 Å². The van der Waals surface area contributed by atoms with Crippen molar-refractivity contribution in [1.82, 2.24) is 9.80 Å². The van der Waals surface area contributed by atoms with Crippen LogP contribution in [0.2, 0.25) is 0 Å². The highest BCUT2D eigenvalue weighted by molar-refractivity contribution is 5.68. The van der Waals surface area contributed by atoms with Crippen LogP contribution in [0.4, 0.5) is 4.79 Å². The SMILES string of the molecule is CN(C=O)C1CCN(C(=O)OC(C)(C)C)CC1. The molecule has 0 aromatic rings. The first-order valence-corrected chi connectivity index (χ1v) is 5.98. The standard InChI is InChI=1S/C12H22N2O3/c1-12(2,3)17-11(16)14-7-5-10(6-8-14)13(4)9-15/h9-10H,5-8H2,1-4H3. The van der Waals surface area contributed by atoms with E-state index in [0.717, 1.165) is 19.3 Å². The second-order valence-corrected chi connectivity index (χ2v) is 5.47. The molecule has 98 valence electrons. The lowest BCUT2D eigenvalue weighted by atomic mass is 10.0. The first-order chi connectivity index (χ1) is 7.83. The first kappa shape index (κ1) is 13.8. The Labute approximate surface area is 103 Å². The fourth-order valence-electron chi connectivity index (χ4n) is 1.87. The van der Waals surface area contributed by atoms with Crippen LogP contribution in [0.15, 0.2) is 0 Å². The summed E-state index contributed by atoms with van der Waals surface area (Å²) in [6.45, 7) is 6.88. The third-order valence-corrected chi connectivity index (χ3v) is 2.86. The quantitative estimate of drug-likeness (QED) is 0.689. The van der Waals surface area contributed by atoms with E-state index in [4.69, 9.17) is 4.74 Å². The summed E-state index contributed by atoms with van der Waals surface area (Å²) >= 11 is 0. The molecule has 1 saturated heterocycles. The number of nitrogens with zero attached hydrogens (tertiary/aromatic N) is 2. The Bertz CT molecular complexity index is 278. The molecule has 0 radical (unpaired) electrons. The molecule has 5 nitrogen and oxygen atoms in total. The van der Waals surface area contributed by atoms with Crippen molar-refractivity contribution < 1.29 is 14.3 Å². The zero-order valence-corrected chi connectivity index (χ0v) is 11.1. The van der Waals surface area contributed by atoms with E-state index < -0.39 is 5.60 Å². The van der Waals surface area contributed by atoms with Crippen molar-refractivity contribution >= 4 is 12.5 Å². The molecule has 2 amide bonds. The molecule has 0 saturated carbocycles. The lowest BCUT2D eigenvalue weighted by molar-refractivity contribution is -0.119. The molecule has 1 aliphatic rings. The summed E-state index contributed by atoms with van der Waals surface area (Å²) < 4.78 is 5.30. The number of carbonyl (C=O) groups excluding carboxylic acids is 2. The summed E-state index contributed by atoms with van der Waals surface area (Å²) in [4.78, 5) is 25.8. The van der Waals surface area contributed by atoms with Crippen molar-refractivity contribution in [2.45, 2.75) is 45.3 Å². The third kappa shape index (κ3) is 4.24. The van der Waals surface area contributed by atoms with E-state index in [1.165, 1.54) is 0 Å². The Morgan fingerprint density at radius 3 is 2.29 bits per heavy atom. The van der Waals surface area contributed by atoms with E-state index in [1.54, 1.807) is 16.8 Å². The summed E-state index contributed by atoms with van der Waals surface area (Å²) in [6, 6.07) is 0.242. The average Bonchev–Trinajstić information content (AvgIpc) is 2.26. The predicted octanol–water partition coefficient (Wildman–Crippen LogP) is 1.47. The molecule has 0 aliphatic carbocycles. The number of likely N-dealkylation sites (tertiary alicyclic amines) is 1. The van der Waals surface area contributed by atoms with E-state index in [9.17, 15) is 9.59 Å². The van der Waals surface area contributed by atoms with Crippen LogP contribution in [0.25, 0.3) is 0 Å². The van der Waals surface area contributed by atoms with Gasteiger partial charge in [0.05, 0.1) is 0 Å². The molecule has 0 aromatic carbocycles. The van der Waals surface area contributed by atoms with Gasteiger partial charge in [-0.25, -0.2) is 4.79 Å². The van der Waals surface area contributed by atoms with Gasteiger partial charge in [-0.05, 0) is 33.6 Å². The van der Waals surface area contributed by atoms with Crippen molar-refractivity contribution in [2.24, 2.45) is 0 Å². The third-order valence-electron chi connectivity index (χ3n) is 2.86. The predicted molar refractivity (Wildman–Crippen MR) is 64.7 cm³/mol. The number of amides is 2. The van der Waals surface area contributed by atoms with Gasteiger partial charge in [-0.1, -0.05) is 0 Å². The van der Waals surface area contributed by atoms with Crippen LogP contribution in [-0.2, 0) is 9.53 Å². The molecule has 0 unspecified atom stereocenters. The summed E-state index contributed by atoms with van der Waals surface area (Å²) in [5.74, 6) is 0. The van der Waals surface area contributed by atoms with Gasteiger partial charge in [0, 0.05) is 26.2 Å². The van der Waals surface area contributed by atoms with E-state index in [-0.39, 0.29) is 12.1 Å². The molecule has 1 rings (SSSR count). The molecular formula is C12H22N2O3. The Morgan fingerprint density at radius 2 is 1.88 bits per heavy atom. The summed E-state index contributed by atoms with van der Waals surface area (Å²) in [6.07, 6.45) is 2.21. The zero-order chi connectivity index (χ0) is 13.1. The molecule has 0 aromatic heterocycles. The van der Waals surface area contributed by atoms with Crippen molar-refractivity contribution in [3.63, 3.8) is 0 Å². The molecule has 0 N–H and O–H groups in total. The molecular weight excluding hydrogens is 220 g/mol. The summed E-state index contributed by atoms with van der Waals surface area (Å²) in [7, 11) is 1.78. The minimum absolute atomic E-state index is 0.242. The molecule has 0 bridgehead atoms. The average molecular weight is 242 g/mol. The summed E-state index contributed by atoms with van der Waals surface area (Å²) in [5, 5.41) is 0. The second kappa shape index (κ2) is 5.38. The Morgan fingerprint density at radius 1 is 1.35 bits per heavy atom. The van der Waals surface area contributed by atoms with Gasteiger partial charge in [0.1, 0.15) is 5.60 Å². The molecule has 1 aliphatic heterocycles. The Balaban J connectivity index is 2.41. The normalized spacial score (nSPS) is 17.8. The van der Waals surface area contributed by atoms with Gasteiger partial charge in [-0.3, -0.25) is 4.79 Å². The molecule has 1 fully saturated rings. The van der Waals surface area contributed by atoms with E-state index in [0.29, 0.717) is 13.1 Å². The largest absolute Gasteiger partial charge is 0.444 e. The van der Waals surface area contributed by atoms with E-state index >= 15 is 0 Å². The Kier molecular flexibility index (Phi) is 4.37. The first-order valence-electron chi connectivity index (χ1n) is 5.98. The van der Waals surface area contributed by atoms with Crippen LogP contribution < -0.4 is 0 Å². The fraction of sp³-hybridized carbons (Fsp3) is 0.833. The minimum atomic E-state index is -0.451. The smallest absolute Gasteiger partial charge is 0.410 e. The van der Waals surface area contributed by atoms with Crippen molar-refractivity contribution in [1.29, 1.82) is 0 Å². The number of piperidine rings is 1. The number of hydrogen-bond donors (Lipinski definition) is 0. The van der Waals surface area contributed by atoms with Crippen molar-refractivity contribution in [3.8, 4) is 0 Å². The number of rotatable bonds is 2. The van der Waals surface area contributed by atoms with E-state index in [1.807, 2.05) is 20.8 Å². The highest BCUT2D eigenvalue weighted by atomic mass is 16.6. The van der Waals surface area contributed by atoms with Crippen LogP contribution >= 0.6 is 0 Å². The maximum Gasteiger partial charge on any atom is 0.410 e. The second-order valence-electron chi connectivity index (χ2n) is 5.47. The van der Waals surface area contributed by atoms with Gasteiger partial charge < -0.3 is 14.5 Å². The highest BCUT2D eigenvalue weighted by Crippen LogP contribution is 2.17. The number of ether oxygens (including phenoxy) is 1. The van der Waals surface area contributed by atoms with Crippen LogP contribution in [0.3, 0.4) is 0 Å². The van der Waals surface area contributed by atoms with Gasteiger partial charge in [0.15, 0.2) is 0 Å². The maximum absolute atomic E-state index is 11.8. The number of carbonyl (C=O) groups is 2. The monoisotopic (exact) mass is 242 g/mol. The maximum atomic E-state index is 11.8. The molecule has 17 heavy (non-hydrogen) atoms.